The summed E-state index contributed by atoms with van der Waals surface area (Å²) < 4.78 is 0. The van der Waals surface area contributed by atoms with Gasteiger partial charge in [0.25, 0.3) is 0 Å². The van der Waals surface area contributed by atoms with E-state index < -0.39 is 0 Å². The van der Waals surface area contributed by atoms with E-state index in [0.29, 0.717) is 11.7 Å². The molecule has 1 heteroatoms. The van der Waals surface area contributed by atoms with Crippen LogP contribution in [0.15, 0.2) is 0 Å². The predicted octanol–water partition coefficient (Wildman–Crippen LogP) is 2.79. The summed E-state index contributed by atoms with van der Waals surface area (Å²) in [5.41, 5.74) is 0. The van der Waals surface area contributed by atoms with Crippen LogP contribution in [0, 0.1) is 17.8 Å². The van der Waals surface area contributed by atoms with E-state index in [1.165, 1.54) is 32.1 Å². The highest BCUT2D eigenvalue weighted by Crippen LogP contribution is 2.40. The lowest BCUT2D eigenvalue weighted by atomic mass is 9.67. The van der Waals surface area contributed by atoms with E-state index in [1.54, 1.807) is 0 Å². The Balaban J connectivity index is 2.02. The second kappa shape index (κ2) is 3.20. The van der Waals surface area contributed by atoms with Gasteiger partial charge in [0.15, 0.2) is 0 Å². The molecule has 0 aliphatic heterocycles. The Labute approximate surface area is 74.5 Å². The number of Topliss-reactive ketones (excluding diaryl/α,β-unsaturated/α-hetero) is 1. The maximum Gasteiger partial charge on any atom is 0.135 e. The zero-order chi connectivity index (χ0) is 8.55. The molecule has 12 heavy (non-hydrogen) atoms. The van der Waals surface area contributed by atoms with Crippen LogP contribution in [0.1, 0.15) is 45.4 Å². The van der Waals surface area contributed by atoms with Crippen LogP contribution in [0.5, 0.6) is 0 Å². The van der Waals surface area contributed by atoms with E-state index >= 15 is 0 Å². The average Bonchev–Trinajstić information content (AvgIpc) is 2.07. The van der Waals surface area contributed by atoms with E-state index in [0.717, 1.165) is 18.3 Å². The highest BCUT2D eigenvalue weighted by Gasteiger charge is 2.34. The first kappa shape index (κ1) is 8.28. The topological polar surface area (TPSA) is 17.1 Å². The Morgan fingerprint density at radius 2 is 1.83 bits per heavy atom. The number of fused-ring (bicyclic) bond motifs is 1. The van der Waals surface area contributed by atoms with E-state index in [4.69, 9.17) is 0 Å². The molecule has 2 aliphatic rings. The molecule has 1 nitrogen and oxygen atoms in total. The molecule has 2 aliphatic carbocycles. The van der Waals surface area contributed by atoms with Gasteiger partial charge in [-0.15, -0.1) is 0 Å². The van der Waals surface area contributed by atoms with Crippen molar-refractivity contribution in [2.45, 2.75) is 45.4 Å². The summed E-state index contributed by atoms with van der Waals surface area (Å²) >= 11 is 0. The fourth-order valence-electron chi connectivity index (χ4n) is 2.91. The minimum atomic E-state index is 0.365. The lowest BCUT2D eigenvalue weighted by Gasteiger charge is -2.37. The zero-order valence-electron chi connectivity index (χ0n) is 7.88. The van der Waals surface area contributed by atoms with Gasteiger partial charge in [0, 0.05) is 12.3 Å². The largest absolute Gasteiger partial charge is 0.299 e. The van der Waals surface area contributed by atoms with Crippen molar-refractivity contribution in [2.24, 2.45) is 17.8 Å². The maximum absolute atomic E-state index is 11.4. The molecule has 0 N–H and O–H groups in total. The van der Waals surface area contributed by atoms with E-state index in [2.05, 4.69) is 6.92 Å². The molecule has 3 atom stereocenters. The SMILES string of the molecule is C[C@H]1C[C@H]2CCCC[C@@H]2CC1=O. The van der Waals surface area contributed by atoms with Crippen molar-refractivity contribution in [3.8, 4) is 0 Å². The molecular weight excluding hydrogens is 148 g/mol. The number of hydrogen-bond donors (Lipinski definition) is 0. The molecule has 0 amide bonds. The highest BCUT2D eigenvalue weighted by atomic mass is 16.1. The van der Waals surface area contributed by atoms with E-state index in [1.807, 2.05) is 0 Å². The van der Waals surface area contributed by atoms with Crippen molar-refractivity contribution in [1.82, 2.24) is 0 Å². The van der Waals surface area contributed by atoms with Crippen LogP contribution < -0.4 is 0 Å². The van der Waals surface area contributed by atoms with Crippen molar-refractivity contribution < 1.29 is 4.79 Å². The average molecular weight is 166 g/mol. The summed E-state index contributed by atoms with van der Waals surface area (Å²) in [4.78, 5) is 11.4. The normalized spacial score (nSPS) is 42.4. The number of ketones is 1. The molecule has 0 heterocycles. The molecule has 0 saturated heterocycles. The van der Waals surface area contributed by atoms with Crippen LogP contribution in [-0.2, 0) is 4.79 Å². The van der Waals surface area contributed by atoms with Crippen molar-refractivity contribution in [1.29, 1.82) is 0 Å². The standard InChI is InChI=1S/C11H18O/c1-8-6-9-4-2-3-5-10(9)7-11(8)12/h8-10H,2-7H2,1H3/t8-,9+,10+/m0/s1. The second-order valence-corrected chi connectivity index (χ2v) is 4.61. The van der Waals surface area contributed by atoms with Crippen LogP contribution >= 0.6 is 0 Å². The molecule has 68 valence electrons. The summed E-state index contributed by atoms with van der Waals surface area (Å²) in [6.07, 6.45) is 7.56. The molecule has 0 aromatic heterocycles. The first-order chi connectivity index (χ1) is 5.77. The first-order valence-electron chi connectivity index (χ1n) is 5.30. The summed E-state index contributed by atoms with van der Waals surface area (Å²) in [7, 11) is 0. The second-order valence-electron chi connectivity index (χ2n) is 4.61. The molecule has 0 radical (unpaired) electrons. The number of carbonyl (C=O) groups is 1. The van der Waals surface area contributed by atoms with Crippen molar-refractivity contribution in [3.05, 3.63) is 0 Å². The van der Waals surface area contributed by atoms with Crippen LogP contribution in [-0.4, -0.2) is 5.78 Å². The van der Waals surface area contributed by atoms with Gasteiger partial charge in [-0.25, -0.2) is 0 Å². The fraction of sp³-hybridized carbons (Fsp3) is 0.909. The molecular formula is C11H18O. The van der Waals surface area contributed by atoms with Gasteiger partial charge in [-0.3, -0.25) is 4.79 Å². The number of hydrogen-bond acceptors (Lipinski definition) is 1. The van der Waals surface area contributed by atoms with Crippen molar-refractivity contribution >= 4 is 5.78 Å². The summed E-state index contributed by atoms with van der Waals surface area (Å²) in [6.45, 7) is 2.10. The van der Waals surface area contributed by atoms with Gasteiger partial charge in [-0.05, 0) is 24.7 Å². The van der Waals surface area contributed by atoms with Gasteiger partial charge in [0.2, 0.25) is 0 Å². The first-order valence-corrected chi connectivity index (χ1v) is 5.30. The zero-order valence-corrected chi connectivity index (χ0v) is 7.88. The molecule has 0 aromatic rings. The Morgan fingerprint density at radius 3 is 2.58 bits per heavy atom. The van der Waals surface area contributed by atoms with Crippen LogP contribution in [0.4, 0.5) is 0 Å². The number of carbonyl (C=O) groups excluding carboxylic acids is 1. The van der Waals surface area contributed by atoms with Gasteiger partial charge < -0.3 is 0 Å². The Kier molecular flexibility index (Phi) is 2.20. The molecule has 2 rings (SSSR count). The molecule has 0 bridgehead atoms. The summed E-state index contributed by atoms with van der Waals surface area (Å²) in [5, 5.41) is 0. The molecule has 0 spiro atoms. The lowest BCUT2D eigenvalue weighted by molar-refractivity contribution is -0.127. The van der Waals surface area contributed by atoms with Gasteiger partial charge >= 0.3 is 0 Å². The number of rotatable bonds is 0. The molecule has 0 aromatic carbocycles. The highest BCUT2D eigenvalue weighted by molar-refractivity contribution is 5.81. The smallest absolute Gasteiger partial charge is 0.135 e. The Bertz CT molecular complexity index is 185. The molecule has 2 fully saturated rings. The lowest BCUT2D eigenvalue weighted by Crippen LogP contribution is -2.32. The third kappa shape index (κ3) is 1.41. The minimum absolute atomic E-state index is 0.365. The molecule has 2 saturated carbocycles. The molecule has 0 unspecified atom stereocenters. The van der Waals surface area contributed by atoms with Crippen LogP contribution in [0.25, 0.3) is 0 Å². The maximum atomic E-state index is 11.4. The Morgan fingerprint density at radius 1 is 1.17 bits per heavy atom. The van der Waals surface area contributed by atoms with Gasteiger partial charge in [0.05, 0.1) is 0 Å². The van der Waals surface area contributed by atoms with Crippen molar-refractivity contribution in [3.63, 3.8) is 0 Å². The monoisotopic (exact) mass is 166 g/mol. The predicted molar refractivity (Wildman–Crippen MR) is 48.9 cm³/mol. The fourth-order valence-corrected chi connectivity index (χ4v) is 2.91. The summed E-state index contributed by atoms with van der Waals surface area (Å²) in [5.74, 6) is 2.55. The summed E-state index contributed by atoms with van der Waals surface area (Å²) in [6, 6.07) is 0. The quantitative estimate of drug-likeness (QED) is 0.541. The Hall–Kier alpha value is -0.330. The van der Waals surface area contributed by atoms with Gasteiger partial charge in [-0.2, -0.15) is 0 Å². The van der Waals surface area contributed by atoms with E-state index in [-0.39, 0.29) is 0 Å². The van der Waals surface area contributed by atoms with Gasteiger partial charge in [0.1, 0.15) is 5.78 Å². The van der Waals surface area contributed by atoms with E-state index in [9.17, 15) is 4.79 Å². The minimum Gasteiger partial charge on any atom is -0.299 e. The third-order valence-electron chi connectivity index (χ3n) is 3.74. The third-order valence-corrected chi connectivity index (χ3v) is 3.74. The van der Waals surface area contributed by atoms with Crippen LogP contribution in [0.2, 0.25) is 0 Å². The van der Waals surface area contributed by atoms with Crippen LogP contribution in [0.3, 0.4) is 0 Å². The van der Waals surface area contributed by atoms with Crippen molar-refractivity contribution in [2.75, 3.05) is 0 Å². The van der Waals surface area contributed by atoms with Gasteiger partial charge in [-0.1, -0.05) is 26.2 Å².